The molecular weight excluding hydrogens is 576 g/mol. The lowest BCUT2D eigenvalue weighted by Gasteiger charge is -2.41. The normalized spacial score (nSPS) is 22.8. The summed E-state index contributed by atoms with van der Waals surface area (Å²) in [6.45, 7) is 13.2. The van der Waals surface area contributed by atoms with E-state index in [-0.39, 0.29) is 5.41 Å². The van der Waals surface area contributed by atoms with Crippen molar-refractivity contribution >= 4 is 54.6 Å². The van der Waals surface area contributed by atoms with Crippen LogP contribution in [0.3, 0.4) is 0 Å². The summed E-state index contributed by atoms with van der Waals surface area (Å²) >= 11 is 8.42. The minimum absolute atomic E-state index is 0.0301. The standard InChI is InChI=1S/C30H36Br2N4/c1-6-18-35-26-14-10-8-12-24(26)33-29(35,31)21-16-17-22(28(3,4)5)23(20-21)30(32)34-25-13-9-11-15-27(25)36(30)19-7-2/h8-17,20,33-34H,6-7,18-19H2,1-5H3. The highest BCUT2D eigenvalue weighted by Gasteiger charge is 2.47. The molecule has 2 aliphatic rings. The van der Waals surface area contributed by atoms with E-state index in [1.165, 1.54) is 28.1 Å². The number of nitrogens with one attached hydrogen (secondary N) is 2. The van der Waals surface area contributed by atoms with Crippen LogP contribution >= 0.6 is 31.9 Å². The van der Waals surface area contributed by atoms with Gasteiger partial charge in [-0.15, -0.1) is 0 Å². The highest BCUT2D eigenvalue weighted by molar-refractivity contribution is 9.10. The first kappa shape index (κ1) is 25.5. The van der Waals surface area contributed by atoms with Gasteiger partial charge in [-0.1, -0.05) is 71.0 Å². The number of nitrogens with zero attached hydrogens (tertiary/aromatic N) is 2. The smallest absolute Gasteiger partial charge is 0.195 e. The van der Waals surface area contributed by atoms with Crippen LogP contribution in [0.15, 0.2) is 66.7 Å². The first-order chi connectivity index (χ1) is 17.1. The van der Waals surface area contributed by atoms with Gasteiger partial charge < -0.3 is 20.4 Å². The third kappa shape index (κ3) is 4.01. The van der Waals surface area contributed by atoms with Crippen LogP contribution in [0, 0.1) is 0 Å². The molecule has 2 unspecified atom stereocenters. The number of para-hydroxylation sites is 4. The molecule has 36 heavy (non-hydrogen) atoms. The maximum atomic E-state index is 4.25. The molecule has 6 heteroatoms. The van der Waals surface area contributed by atoms with Gasteiger partial charge >= 0.3 is 0 Å². The molecule has 0 spiro atoms. The Bertz CT molecular complexity index is 1270. The molecule has 0 aliphatic carbocycles. The molecule has 2 aliphatic heterocycles. The highest BCUT2D eigenvalue weighted by Crippen LogP contribution is 2.53. The Morgan fingerprint density at radius 2 is 1.22 bits per heavy atom. The SMILES string of the molecule is CCCN1c2ccccc2NC1(Br)c1ccc(C(C)(C)C)c(C2(Br)Nc3ccccc3N2CCC)c1. The maximum absolute atomic E-state index is 4.25. The molecular formula is C30H36Br2N4. The summed E-state index contributed by atoms with van der Waals surface area (Å²) in [5.74, 6) is 0. The topological polar surface area (TPSA) is 30.5 Å². The summed E-state index contributed by atoms with van der Waals surface area (Å²) in [4.78, 5) is 4.91. The van der Waals surface area contributed by atoms with Gasteiger partial charge in [0, 0.05) is 24.2 Å². The quantitative estimate of drug-likeness (QED) is 0.216. The first-order valence-corrected chi connectivity index (χ1v) is 14.5. The number of alkyl halides is 2. The van der Waals surface area contributed by atoms with E-state index in [4.69, 9.17) is 0 Å². The van der Waals surface area contributed by atoms with Crippen molar-refractivity contribution in [3.63, 3.8) is 0 Å². The number of hydrogen-bond donors (Lipinski definition) is 2. The number of rotatable bonds is 6. The van der Waals surface area contributed by atoms with Crippen molar-refractivity contribution in [2.45, 2.75) is 62.0 Å². The molecule has 2 heterocycles. The van der Waals surface area contributed by atoms with Crippen molar-refractivity contribution in [3.05, 3.63) is 83.4 Å². The van der Waals surface area contributed by atoms with E-state index in [1.807, 2.05) is 0 Å². The summed E-state index contributed by atoms with van der Waals surface area (Å²) in [5.41, 5.74) is 8.47. The second-order valence-corrected chi connectivity index (χ2v) is 13.1. The van der Waals surface area contributed by atoms with Crippen molar-refractivity contribution in [2.75, 3.05) is 33.5 Å². The van der Waals surface area contributed by atoms with Gasteiger partial charge in [-0.2, -0.15) is 0 Å². The van der Waals surface area contributed by atoms with Gasteiger partial charge in [0.05, 0.1) is 22.7 Å². The van der Waals surface area contributed by atoms with Gasteiger partial charge in [0.2, 0.25) is 0 Å². The Kier molecular flexibility index (Phi) is 6.57. The van der Waals surface area contributed by atoms with E-state index in [9.17, 15) is 0 Å². The third-order valence-electron chi connectivity index (χ3n) is 7.20. The van der Waals surface area contributed by atoms with Gasteiger partial charge in [-0.25, -0.2) is 0 Å². The van der Waals surface area contributed by atoms with Crippen LogP contribution in [-0.2, 0) is 14.6 Å². The second kappa shape index (κ2) is 9.29. The van der Waals surface area contributed by atoms with E-state index < -0.39 is 9.14 Å². The Morgan fingerprint density at radius 1 is 0.722 bits per heavy atom. The summed E-state index contributed by atoms with van der Waals surface area (Å²) in [7, 11) is 0. The number of benzene rings is 3. The van der Waals surface area contributed by atoms with Crippen LogP contribution in [0.4, 0.5) is 22.7 Å². The van der Waals surface area contributed by atoms with E-state index >= 15 is 0 Å². The van der Waals surface area contributed by atoms with Crippen molar-refractivity contribution in [2.24, 2.45) is 0 Å². The lowest BCUT2D eigenvalue weighted by atomic mass is 9.81. The molecule has 0 aromatic heterocycles. The number of hydrogen-bond acceptors (Lipinski definition) is 4. The fourth-order valence-electron chi connectivity index (χ4n) is 5.57. The molecule has 190 valence electrons. The summed E-state index contributed by atoms with van der Waals surface area (Å²) in [5, 5.41) is 7.65. The first-order valence-electron chi connectivity index (χ1n) is 13.0. The van der Waals surface area contributed by atoms with Gasteiger partial charge in [0.25, 0.3) is 0 Å². The molecule has 0 fully saturated rings. The van der Waals surface area contributed by atoms with E-state index in [1.54, 1.807) is 0 Å². The van der Waals surface area contributed by atoms with E-state index in [0.717, 1.165) is 37.3 Å². The molecule has 0 saturated carbocycles. The zero-order chi connectivity index (χ0) is 25.7. The number of fused-ring (bicyclic) bond motifs is 2. The Morgan fingerprint density at radius 3 is 1.75 bits per heavy atom. The maximum Gasteiger partial charge on any atom is 0.195 e. The van der Waals surface area contributed by atoms with Crippen molar-refractivity contribution in [3.8, 4) is 0 Å². The highest BCUT2D eigenvalue weighted by atomic mass is 79.9. The lowest BCUT2D eigenvalue weighted by molar-refractivity contribution is 0.560. The zero-order valence-corrected chi connectivity index (χ0v) is 25.0. The molecule has 2 N–H and O–H groups in total. The van der Waals surface area contributed by atoms with Crippen molar-refractivity contribution < 1.29 is 0 Å². The lowest BCUT2D eigenvalue weighted by Crippen LogP contribution is -2.46. The zero-order valence-electron chi connectivity index (χ0n) is 21.8. The molecule has 0 radical (unpaired) electrons. The average molecular weight is 612 g/mol. The molecule has 3 aromatic carbocycles. The van der Waals surface area contributed by atoms with Crippen LogP contribution < -0.4 is 20.4 Å². The Labute approximate surface area is 232 Å². The average Bonchev–Trinajstić information content (AvgIpc) is 3.31. The van der Waals surface area contributed by atoms with Gasteiger partial charge in [-0.3, -0.25) is 0 Å². The van der Waals surface area contributed by atoms with Crippen LogP contribution in [0.2, 0.25) is 0 Å². The minimum Gasteiger partial charge on any atom is -0.348 e. The molecule has 0 bridgehead atoms. The van der Waals surface area contributed by atoms with Crippen LogP contribution in [-0.4, -0.2) is 13.1 Å². The number of anilines is 4. The van der Waals surface area contributed by atoms with E-state index in [2.05, 4.69) is 154 Å². The van der Waals surface area contributed by atoms with Crippen LogP contribution in [0.5, 0.6) is 0 Å². The molecule has 2 atom stereocenters. The second-order valence-electron chi connectivity index (χ2n) is 10.8. The predicted octanol–water partition coefficient (Wildman–Crippen LogP) is 8.68. The van der Waals surface area contributed by atoms with Gasteiger partial charge in [0.1, 0.15) is 0 Å². The predicted molar refractivity (Wildman–Crippen MR) is 162 cm³/mol. The van der Waals surface area contributed by atoms with Gasteiger partial charge in [-0.05, 0) is 86.0 Å². The number of halogens is 2. The minimum atomic E-state index is -0.546. The van der Waals surface area contributed by atoms with Crippen molar-refractivity contribution in [1.82, 2.24) is 0 Å². The van der Waals surface area contributed by atoms with Crippen LogP contribution in [0.1, 0.15) is 64.2 Å². The molecule has 3 aromatic rings. The molecule has 5 rings (SSSR count). The Hall–Kier alpha value is -2.18. The summed E-state index contributed by atoms with van der Waals surface area (Å²) < 4.78 is -1.07. The molecule has 0 saturated heterocycles. The Balaban J connectivity index is 1.68. The fraction of sp³-hybridized carbons (Fsp3) is 0.400. The molecule has 0 amide bonds. The van der Waals surface area contributed by atoms with E-state index in [0.29, 0.717) is 0 Å². The largest absolute Gasteiger partial charge is 0.348 e. The monoisotopic (exact) mass is 610 g/mol. The molecule has 4 nitrogen and oxygen atoms in total. The summed E-state index contributed by atoms with van der Waals surface area (Å²) in [6, 6.07) is 24.2. The third-order valence-corrected chi connectivity index (χ3v) is 9.33. The summed E-state index contributed by atoms with van der Waals surface area (Å²) in [6.07, 6.45) is 2.11. The van der Waals surface area contributed by atoms with Crippen LogP contribution in [0.25, 0.3) is 0 Å². The fourth-order valence-corrected chi connectivity index (χ4v) is 7.31. The van der Waals surface area contributed by atoms with Gasteiger partial charge in [0.15, 0.2) is 9.14 Å². The van der Waals surface area contributed by atoms with Crippen molar-refractivity contribution in [1.29, 1.82) is 0 Å².